The van der Waals surface area contributed by atoms with Gasteiger partial charge in [-0.3, -0.25) is 9.69 Å². The Balaban J connectivity index is 1.90. The van der Waals surface area contributed by atoms with Crippen LogP contribution >= 0.6 is 22.6 Å². The summed E-state index contributed by atoms with van der Waals surface area (Å²) in [6.07, 6.45) is 1.84. The molecule has 2 aromatic rings. The van der Waals surface area contributed by atoms with Gasteiger partial charge in [0, 0.05) is 46.3 Å². The van der Waals surface area contributed by atoms with Gasteiger partial charge < -0.3 is 9.47 Å². The van der Waals surface area contributed by atoms with Gasteiger partial charge in [0.2, 0.25) is 5.91 Å². The standard InChI is InChI=1S/C17H16FIN2O3/c1-23-11-3-4-20-15(8-11)21-9-10(5-16(21)22)17-13(18)6-12(24-2)7-14(17)19/h3-4,6-8,10H,5,9H2,1-2H3/t10-/m0/s1. The van der Waals surface area contributed by atoms with E-state index in [1.165, 1.54) is 13.2 Å². The Morgan fingerprint density at radius 2 is 2.00 bits per heavy atom. The number of rotatable bonds is 4. The van der Waals surface area contributed by atoms with Crippen LogP contribution in [0, 0.1) is 9.39 Å². The maximum absolute atomic E-state index is 14.5. The van der Waals surface area contributed by atoms with Crippen molar-refractivity contribution in [3.63, 3.8) is 0 Å². The van der Waals surface area contributed by atoms with E-state index in [4.69, 9.17) is 9.47 Å². The topological polar surface area (TPSA) is 51.7 Å². The highest BCUT2D eigenvalue weighted by atomic mass is 127. The van der Waals surface area contributed by atoms with Crippen LogP contribution in [0.5, 0.6) is 11.5 Å². The summed E-state index contributed by atoms with van der Waals surface area (Å²) in [7, 11) is 3.06. The van der Waals surface area contributed by atoms with E-state index in [9.17, 15) is 9.18 Å². The lowest BCUT2D eigenvalue weighted by atomic mass is 9.97. The lowest BCUT2D eigenvalue weighted by molar-refractivity contribution is -0.117. The zero-order chi connectivity index (χ0) is 17.3. The number of hydrogen-bond acceptors (Lipinski definition) is 4. The van der Waals surface area contributed by atoms with Crippen molar-refractivity contribution >= 4 is 34.3 Å². The molecule has 1 aromatic carbocycles. The van der Waals surface area contributed by atoms with E-state index in [0.29, 0.717) is 29.4 Å². The summed E-state index contributed by atoms with van der Waals surface area (Å²) in [5.41, 5.74) is 0.551. The van der Waals surface area contributed by atoms with Crippen LogP contribution in [0.2, 0.25) is 0 Å². The molecule has 1 atom stereocenters. The molecule has 7 heteroatoms. The van der Waals surface area contributed by atoms with Crippen LogP contribution in [0.1, 0.15) is 17.9 Å². The van der Waals surface area contributed by atoms with Crippen molar-refractivity contribution < 1.29 is 18.7 Å². The fourth-order valence-corrected chi connectivity index (χ4v) is 3.87. The number of halogens is 2. The van der Waals surface area contributed by atoms with Gasteiger partial charge in [0.15, 0.2) is 0 Å². The summed E-state index contributed by atoms with van der Waals surface area (Å²) in [4.78, 5) is 18.2. The molecule has 0 bridgehead atoms. The molecule has 1 aromatic heterocycles. The van der Waals surface area contributed by atoms with Crippen molar-refractivity contribution in [2.45, 2.75) is 12.3 Å². The summed E-state index contributed by atoms with van der Waals surface area (Å²) in [5, 5.41) is 0. The van der Waals surface area contributed by atoms with Crippen molar-refractivity contribution in [2.24, 2.45) is 0 Å². The maximum Gasteiger partial charge on any atom is 0.228 e. The van der Waals surface area contributed by atoms with E-state index in [1.54, 1.807) is 36.4 Å². The molecule has 126 valence electrons. The molecule has 1 amide bonds. The quantitative estimate of drug-likeness (QED) is 0.682. The van der Waals surface area contributed by atoms with Crippen LogP contribution in [-0.2, 0) is 4.79 Å². The average Bonchev–Trinajstić information content (AvgIpc) is 2.95. The van der Waals surface area contributed by atoms with E-state index in [0.717, 1.165) is 3.57 Å². The van der Waals surface area contributed by atoms with Gasteiger partial charge in [-0.05, 0) is 34.7 Å². The summed E-state index contributed by atoms with van der Waals surface area (Å²) in [5.74, 6) is 0.968. The first kappa shape index (κ1) is 16.9. The van der Waals surface area contributed by atoms with Gasteiger partial charge in [-0.15, -0.1) is 0 Å². The third-order valence-electron chi connectivity index (χ3n) is 4.05. The SMILES string of the molecule is COc1ccnc(N2C[C@@H](c3c(F)cc(OC)cc3I)CC2=O)c1. The van der Waals surface area contributed by atoms with Gasteiger partial charge in [-0.25, -0.2) is 9.37 Å². The maximum atomic E-state index is 14.5. The Morgan fingerprint density at radius 1 is 1.25 bits per heavy atom. The molecule has 2 heterocycles. The highest BCUT2D eigenvalue weighted by molar-refractivity contribution is 14.1. The highest BCUT2D eigenvalue weighted by Gasteiger charge is 2.35. The first-order valence-corrected chi connectivity index (χ1v) is 8.44. The number of amides is 1. The predicted octanol–water partition coefficient (Wildman–Crippen LogP) is 3.36. The van der Waals surface area contributed by atoms with Crippen LogP contribution in [0.15, 0.2) is 30.5 Å². The van der Waals surface area contributed by atoms with Gasteiger partial charge in [-0.2, -0.15) is 0 Å². The van der Waals surface area contributed by atoms with E-state index in [2.05, 4.69) is 27.6 Å². The minimum atomic E-state index is -0.350. The molecule has 1 fully saturated rings. The molecule has 3 rings (SSSR count). The number of pyridine rings is 1. The normalized spacial score (nSPS) is 17.2. The Kier molecular flexibility index (Phi) is 4.88. The molecule has 0 radical (unpaired) electrons. The highest BCUT2D eigenvalue weighted by Crippen LogP contribution is 2.36. The van der Waals surface area contributed by atoms with E-state index in [-0.39, 0.29) is 24.1 Å². The number of hydrogen-bond donors (Lipinski definition) is 0. The van der Waals surface area contributed by atoms with Crippen LogP contribution in [0.3, 0.4) is 0 Å². The lowest BCUT2D eigenvalue weighted by Gasteiger charge is -2.17. The molecule has 0 N–H and O–H groups in total. The molecule has 0 unspecified atom stereocenters. The monoisotopic (exact) mass is 442 g/mol. The van der Waals surface area contributed by atoms with E-state index in [1.807, 2.05) is 0 Å². The second-order valence-electron chi connectivity index (χ2n) is 5.46. The van der Waals surface area contributed by atoms with Crippen molar-refractivity contribution in [1.82, 2.24) is 4.98 Å². The van der Waals surface area contributed by atoms with Gasteiger partial charge >= 0.3 is 0 Å². The fraction of sp³-hybridized carbons (Fsp3) is 0.294. The van der Waals surface area contributed by atoms with Gasteiger partial charge in [0.1, 0.15) is 23.1 Å². The molecule has 5 nitrogen and oxygen atoms in total. The Hall–Kier alpha value is -1.90. The van der Waals surface area contributed by atoms with Crippen LogP contribution < -0.4 is 14.4 Å². The second-order valence-corrected chi connectivity index (χ2v) is 6.63. The molecule has 0 spiro atoms. The van der Waals surface area contributed by atoms with Crippen LogP contribution in [0.25, 0.3) is 0 Å². The fourth-order valence-electron chi connectivity index (χ4n) is 2.87. The number of carbonyl (C=O) groups is 1. The number of ether oxygens (including phenoxy) is 2. The minimum Gasteiger partial charge on any atom is -0.497 e. The van der Waals surface area contributed by atoms with Crippen molar-refractivity contribution in [3.8, 4) is 11.5 Å². The Labute approximate surface area is 152 Å². The third kappa shape index (κ3) is 3.17. The summed E-state index contributed by atoms with van der Waals surface area (Å²) < 4.78 is 25.5. The largest absolute Gasteiger partial charge is 0.497 e. The zero-order valence-corrected chi connectivity index (χ0v) is 15.4. The predicted molar refractivity (Wildman–Crippen MR) is 96.2 cm³/mol. The Bertz CT molecular complexity index is 761. The smallest absolute Gasteiger partial charge is 0.228 e. The van der Waals surface area contributed by atoms with E-state index >= 15 is 0 Å². The van der Waals surface area contributed by atoms with Gasteiger partial charge in [-0.1, -0.05) is 0 Å². The van der Waals surface area contributed by atoms with Gasteiger partial charge in [0.05, 0.1) is 14.2 Å². The second kappa shape index (κ2) is 6.92. The lowest BCUT2D eigenvalue weighted by Crippen LogP contribution is -2.25. The van der Waals surface area contributed by atoms with Crippen molar-refractivity contribution in [1.29, 1.82) is 0 Å². The molecule has 1 aliphatic heterocycles. The van der Waals surface area contributed by atoms with Gasteiger partial charge in [0.25, 0.3) is 0 Å². The molecule has 1 aliphatic rings. The first-order chi connectivity index (χ1) is 11.5. The molecular weight excluding hydrogens is 426 g/mol. The average molecular weight is 442 g/mol. The number of benzene rings is 1. The summed E-state index contributed by atoms with van der Waals surface area (Å²) in [6.45, 7) is 0.387. The number of carbonyl (C=O) groups excluding carboxylic acids is 1. The van der Waals surface area contributed by atoms with Crippen molar-refractivity contribution in [2.75, 3.05) is 25.7 Å². The van der Waals surface area contributed by atoms with E-state index < -0.39 is 0 Å². The zero-order valence-electron chi connectivity index (χ0n) is 13.3. The first-order valence-electron chi connectivity index (χ1n) is 7.36. The van der Waals surface area contributed by atoms with Crippen molar-refractivity contribution in [3.05, 3.63) is 45.4 Å². The molecule has 0 aliphatic carbocycles. The molecule has 0 saturated carbocycles. The molecule has 1 saturated heterocycles. The Morgan fingerprint density at radius 3 is 2.67 bits per heavy atom. The minimum absolute atomic E-state index is 0.0771. The summed E-state index contributed by atoms with van der Waals surface area (Å²) in [6, 6.07) is 6.55. The third-order valence-corrected chi connectivity index (χ3v) is 4.94. The number of anilines is 1. The number of aromatic nitrogens is 1. The molecule has 24 heavy (non-hydrogen) atoms. The number of methoxy groups -OCH3 is 2. The number of nitrogens with zero attached hydrogens (tertiary/aromatic N) is 2. The van der Waals surface area contributed by atoms with Crippen LogP contribution in [-0.4, -0.2) is 31.7 Å². The summed E-state index contributed by atoms with van der Waals surface area (Å²) >= 11 is 2.08. The molecular formula is C17H16FIN2O3. The van der Waals surface area contributed by atoms with Crippen LogP contribution in [0.4, 0.5) is 10.2 Å².